The Labute approximate surface area is 112 Å². The van der Waals surface area contributed by atoms with Gasteiger partial charge in [0.05, 0.1) is 16.5 Å². The van der Waals surface area contributed by atoms with Crippen LogP contribution in [-0.4, -0.2) is 8.42 Å². The highest BCUT2D eigenvalue weighted by atomic mass is 32.2. The third kappa shape index (κ3) is 2.92. The van der Waals surface area contributed by atoms with Crippen LogP contribution in [0.25, 0.3) is 0 Å². The summed E-state index contributed by atoms with van der Waals surface area (Å²) >= 11 is 0. The highest BCUT2D eigenvalue weighted by Gasteiger charge is 2.15. The fourth-order valence-corrected chi connectivity index (χ4v) is 2.99. The summed E-state index contributed by atoms with van der Waals surface area (Å²) in [6.07, 6.45) is 0. The minimum absolute atomic E-state index is 0.249. The van der Waals surface area contributed by atoms with Crippen LogP contribution in [0.1, 0.15) is 11.1 Å². The van der Waals surface area contributed by atoms with E-state index in [1.54, 1.807) is 55.5 Å². The Morgan fingerprint density at radius 3 is 2.26 bits per heavy atom. The lowest BCUT2D eigenvalue weighted by Gasteiger charge is -2.10. The molecule has 0 atom stereocenters. The van der Waals surface area contributed by atoms with Crippen LogP contribution in [0.15, 0.2) is 53.4 Å². The van der Waals surface area contributed by atoms with Crippen molar-refractivity contribution in [2.24, 2.45) is 0 Å². The molecule has 1 N–H and O–H groups in total. The number of anilines is 1. The molecule has 5 heteroatoms. The van der Waals surface area contributed by atoms with Crippen LogP contribution in [0.4, 0.5) is 5.69 Å². The van der Waals surface area contributed by atoms with Gasteiger partial charge in [0.25, 0.3) is 10.0 Å². The summed E-state index contributed by atoms with van der Waals surface area (Å²) in [5.74, 6) is 0. The topological polar surface area (TPSA) is 70.0 Å². The predicted octanol–water partition coefficient (Wildman–Crippen LogP) is 2.67. The normalized spacial score (nSPS) is 10.7. The molecule has 0 aliphatic rings. The average Bonchev–Trinajstić information content (AvgIpc) is 2.39. The van der Waals surface area contributed by atoms with E-state index in [1.165, 1.54) is 0 Å². The largest absolute Gasteiger partial charge is 0.280 e. The maximum absolute atomic E-state index is 12.2. The minimum atomic E-state index is -3.60. The molecule has 96 valence electrons. The van der Waals surface area contributed by atoms with Crippen molar-refractivity contribution in [3.63, 3.8) is 0 Å². The molecule has 0 bridgehead atoms. The van der Waals surface area contributed by atoms with E-state index in [4.69, 9.17) is 5.26 Å². The van der Waals surface area contributed by atoms with E-state index < -0.39 is 10.0 Å². The first-order chi connectivity index (χ1) is 9.03. The molecule has 0 radical (unpaired) electrons. The number of nitrogens with zero attached hydrogens (tertiary/aromatic N) is 1. The second-order valence-corrected chi connectivity index (χ2v) is 5.71. The van der Waals surface area contributed by atoms with Crippen LogP contribution in [0.5, 0.6) is 0 Å². The Bertz CT molecular complexity index is 729. The quantitative estimate of drug-likeness (QED) is 0.933. The summed E-state index contributed by atoms with van der Waals surface area (Å²) < 4.78 is 26.9. The molecule has 0 saturated carbocycles. The fraction of sp³-hybridized carbons (Fsp3) is 0.0714. The number of hydrogen-bond acceptors (Lipinski definition) is 3. The molecule has 0 aliphatic carbocycles. The number of nitrogens with one attached hydrogen (secondary N) is 1. The number of hydrogen-bond donors (Lipinski definition) is 1. The van der Waals surface area contributed by atoms with Gasteiger partial charge in [0, 0.05) is 5.69 Å². The maximum atomic E-state index is 12.2. The second kappa shape index (κ2) is 5.12. The average molecular weight is 272 g/mol. The first kappa shape index (κ1) is 13.1. The van der Waals surface area contributed by atoms with Crippen molar-refractivity contribution in [3.05, 3.63) is 59.7 Å². The van der Waals surface area contributed by atoms with E-state index in [0.29, 0.717) is 16.8 Å². The van der Waals surface area contributed by atoms with Crippen molar-refractivity contribution in [2.75, 3.05) is 4.72 Å². The van der Waals surface area contributed by atoms with Gasteiger partial charge in [-0.15, -0.1) is 0 Å². The fourth-order valence-electron chi connectivity index (χ4n) is 1.68. The number of rotatable bonds is 3. The zero-order valence-corrected chi connectivity index (χ0v) is 11.1. The summed E-state index contributed by atoms with van der Waals surface area (Å²) in [6.45, 7) is 1.74. The standard InChI is InChI=1S/C14H12N2O2S/c1-11-4-2-3-5-14(11)19(17,18)16-13-8-6-12(10-15)7-9-13/h2-9,16H,1H3. The Morgan fingerprint density at radius 2 is 1.68 bits per heavy atom. The van der Waals surface area contributed by atoms with Gasteiger partial charge in [-0.05, 0) is 42.8 Å². The molecule has 19 heavy (non-hydrogen) atoms. The highest BCUT2D eigenvalue weighted by Crippen LogP contribution is 2.19. The van der Waals surface area contributed by atoms with Crippen LogP contribution in [0.3, 0.4) is 0 Å². The minimum Gasteiger partial charge on any atom is -0.280 e. The van der Waals surface area contributed by atoms with Crippen molar-refractivity contribution in [3.8, 4) is 6.07 Å². The lowest BCUT2D eigenvalue weighted by atomic mass is 10.2. The van der Waals surface area contributed by atoms with Gasteiger partial charge in [0.15, 0.2) is 0 Å². The van der Waals surface area contributed by atoms with Crippen LogP contribution < -0.4 is 4.72 Å². The van der Waals surface area contributed by atoms with Crippen LogP contribution >= 0.6 is 0 Å². The second-order valence-electron chi connectivity index (χ2n) is 4.06. The first-order valence-corrected chi connectivity index (χ1v) is 7.10. The zero-order valence-electron chi connectivity index (χ0n) is 10.3. The van der Waals surface area contributed by atoms with Gasteiger partial charge in [-0.3, -0.25) is 4.72 Å². The molecule has 2 aromatic rings. The van der Waals surface area contributed by atoms with Gasteiger partial charge in [-0.25, -0.2) is 8.42 Å². The number of nitriles is 1. The summed E-state index contributed by atoms with van der Waals surface area (Å²) in [4.78, 5) is 0.249. The first-order valence-electron chi connectivity index (χ1n) is 5.61. The Balaban J connectivity index is 2.32. The van der Waals surface area contributed by atoms with Crippen LogP contribution in [0, 0.1) is 18.3 Å². The summed E-state index contributed by atoms with van der Waals surface area (Å²) in [5.41, 5.74) is 1.60. The predicted molar refractivity (Wildman–Crippen MR) is 73.1 cm³/mol. The van der Waals surface area contributed by atoms with Gasteiger partial charge in [-0.1, -0.05) is 18.2 Å². The summed E-state index contributed by atoms with van der Waals surface area (Å²) in [7, 11) is -3.60. The highest BCUT2D eigenvalue weighted by molar-refractivity contribution is 7.92. The lowest BCUT2D eigenvalue weighted by molar-refractivity contribution is 0.600. The van der Waals surface area contributed by atoms with Gasteiger partial charge in [0.1, 0.15) is 0 Å². The molecule has 0 fully saturated rings. The maximum Gasteiger partial charge on any atom is 0.262 e. The van der Waals surface area contributed by atoms with Crippen molar-refractivity contribution in [2.45, 2.75) is 11.8 Å². The van der Waals surface area contributed by atoms with Crippen molar-refractivity contribution < 1.29 is 8.42 Å². The van der Waals surface area contributed by atoms with E-state index >= 15 is 0 Å². The molecule has 2 aromatic carbocycles. The molecule has 0 unspecified atom stereocenters. The van der Waals surface area contributed by atoms with E-state index in [9.17, 15) is 8.42 Å². The molecule has 0 saturated heterocycles. The van der Waals surface area contributed by atoms with E-state index in [1.807, 2.05) is 6.07 Å². The van der Waals surface area contributed by atoms with Gasteiger partial charge >= 0.3 is 0 Å². The molecule has 2 rings (SSSR count). The van der Waals surface area contributed by atoms with E-state index in [2.05, 4.69) is 4.72 Å². The molecule has 0 amide bonds. The van der Waals surface area contributed by atoms with Crippen molar-refractivity contribution in [1.82, 2.24) is 0 Å². The Morgan fingerprint density at radius 1 is 1.05 bits per heavy atom. The van der Waals surface area contributed by atoms with Crippen LogP contribution in [-0.2, 0) is 10.0 Å². The molecule has 4 nitrogen and oxygen atoms in total. The lowest BCUT2D eigenvalue weighted by Crippen LogP contribution is -2.14. The number of aryl methyl sites for hydroxylation is 1. The third-order valence-electron chi connectivity index (χ3n) is 2.65. The van der Waals surface area contributed by atoms with Crippen molar-refractivity contribution >= 4 is 15.7 Å². The monoisotopic (exact) mass is 272 g/mol. The van der Waals surface area contributed by atoms with Gasteiger partial charge in [-0.2, -0.15) is 5.26 Å². The number of sulfonamides is 1. The molecule has 0 spiro atoms. The van der Waals surface area contributed by atoms with Gasteiger partial charge < -0.3 is 0 Å². The van der Waals surface area contributed by atoms with Crippen molar-refractivity contribution in [1.29, 1.82) is 5.26 Å². The molecule has 0 aliphatic heterocycles. The molecule has 0 heterocycles. The SMILES string of the molecule is Cc1ccccc1S(=O)(=O)Nc1ccc(C#N)cc1. The molecule has 0 aromatic heterocycles. The Hall–Kier alpha value is -2.32. The summed E-state index contributed by atoms with van der Waals surface area (Å²) in [5, 5.41) is 8.69. The van der Waals surface area contributed by atoms with E-state index in [-0.39, 0.29) is 4.90 Å². The zero-order chi connectivity index (χ0) is 13.9. The molecular weight excluding hydrogens is 260 g/mol. The van der Waals surface area contributed by atoms with E-state index in [0.717, 1.165) is 0 Å². The Kier molecular flexibility index (Phi) is 3.54. The summed E-state index contributed by atoms with van der Waals surface area (Å²) in [6, 6.07) is 15.0. The van der Waals surface area contributed by atoms with Gasteiger partial charge in [0.2, 0.25) is 0 Å². The third-order valence-corrected chi connectivity index (χ3v) is 4.19. The van der Waals surface area contributed by atoms with Crippen LogP contribution in [0.2, 0.25) is 0 Å². The number of benzene rings is 2. The molecular formula is C14H12N2O2S. The smallest absolute Gasteiger partial charge is 0.262 e.